The third-order valence-electron chi connectivity index (χ3n) is 1.11. The maximum Gasteiger partial charge on any atom is 0.333 e. The number of nitrogens with zero attached hydrogens (tertiary/aromatic N) is 3. The molecule has 1 aromatic rings. The van der Waals surface area contributed by atoms with Crippen molar-refractivity contribution in [1.29, 1.82) is 0 Å². The molecule has 0 saturated heterocycles. The number of alkyl halides is 2. The number of halogens is 3. The minimum atomic E-state index is -2.72. The Labute approximate surface area is 71.0 Å². The molecule has 0 aromatic carbocycles. The molecular formula is C5H4ClF2N3O. The van der Waals surface area contributed by atoms with Crippen LogP contribution >= 0.6 is 11.6 Å². The molecular weight excluding hydrogens is 192 g/mol. The van der Waals surface area contributed by atoms with Gasteiger partial charge >= 0.3 is 6.55 Å². The Morgan fingerprint density at radius 1 is 1.75 bits per heavy atom. The first kappa shape index (κ1) is 8.92. The number of oxime groups is 1. The Hall–Kier alpha value is -1.17. The number of aromatic nitrogens is 2. The Morgan fingerprint density at radius 3 is 2.83 bits per heavy atom. The largest absolute Gasteiger partial charge is 0.410 e. The van der Waals surface area contributed by atoms with Crippen molar-refractivity contribution < 1.29 is 14.0 Å². The van der Waals surface area contributed by atoms with Gasteiger partial charge in [-0.3, -0.25) is 0 Å². The molecule has 1 aromatic heterocycles. The molecule has 12 heavy (non-hydrogen) atoms. The second kappa shape index (κ2) is 3.48. The summed E-state index contributed by atoms with van der Waals surface area (Å²) in [6, 6.07) is 1.22. The number of rotatable bonds is 2. The van der Waals surface area contributed by atoms with Crippen molar-refractivity contribution in [3.8, 4) is 0 Å². The molecule has 1 N–H and O–H groups in total. The Balaban J connectivity index is 2.92. The zero-order valence-electron chi connectivity index (χ0n) is 5.65. The second-order valence-electron chi connectivity index (χ2n) is 1.85. The SMILES string of the molecule is O/N=C(\Cl)c1ccn(C(F)F)n1. The van der Waals surface area contributed by atoms with Crippen LogP contribution in [-0.4, -0.2) is 20.2 Å². The van der Waals surface area contributed by atoms with E-state index >= 15 is 0 Å². The van der Waals surface area contributed by atoms with Gasteiger partial charge in [0.05, 0.1) is 0 Å². The van der Waals surface area contributed by atoms with Gasteiger partial charge in [0.2, 0.25) is 0 Å². The van der Waals surface area contributed by atoms with Gasteiger partial charge in [-0.25, -0.2) is 4.68 Å². The van der Waals surface area contributed by atoms with Gasteiger partial charge in [-0.1, -0.05) is 16.8 Å². The fraction of sp³-hybridized carbons (Fsp3) is 0.200. The third-order valence-corrected chi connectivity index (χ3v) is 1.38. The van der Waals surface area contributed by atoms with Crippen LogP contribution in [0, 0.1) is 0 Å². The monoisotopic (exact) mass is 195 g/mol. The topological polar surface area (TPSA) is 50.4 Å². The molecule has 0 spiro atoms. The van der Waals surface area contributed by atoms with E-state index in [1.807, 2.05) is 0 Å². The molecule has 1 heterocycles. The molecule has 0 bridgehead atoms. The zero-order valence-corrected chi connectivity index (χ0v) is 6.41. The van der Waals surface area contributed by atoms with Crippen molar-refractivity contribution in [2.75, 3.05) is 0 Å². The lowest BCUT2D eigenvalue weighted by atomic mass is 10.5. The molecule has 66 valence electrons. The quantitative estimate of drug-likeness (QED) is 0.443. The molecule has 0 aliphatic rings. The molecule has 0 aliphatic heterocycles. The number of hydrogen-bond acceptors (Lipinski definition) is 3. The maximum atomic E-state index is 11.9. The van der Waals surface area contributed by atoms with Crippen LogP contribution in [0.25, 0.3) is 0 Å². The van der Waals surface area contributed by atoms with Gasteiger partial charge in [-0.15, -0.1) is 0 Å². The van der Waals surface area contributed by atoms with E-state index in [0.29, 0.717) is 4.68 Å². The van der Waals surface area contributed by atoms with Gasteiger partial charge < -0.3 is 5.21 Å². The maximum absolute atomic E-state index is 11.9. The first-order valence-electron chi connectivity index (χ1n) is 2.86. The van der Waals surface area contributed by atoms with Gasteiger partial charge in [0.15, 0.2) is 5.17 Å². The third kappa shape index (κ3) is 1.70. The smallest absolute Gasteiger partial charge is 0.333 e. The van der Waals surface area contributed by atoms with Crippen LogP contribution in [0.5, 0.6) is 0 Å². The fourth-order valence-electron chi connectivity index (χ4n) is 0.608. The van der Waals surface area contributed by atoms with Crippen LogP contribution in [0.15, 0.2) is 17.4 Å². The van der Waals surface area contributed by atoms with Crippen molar-refractivity contribution >= 4 is 16.8 Å². The van der Waals surface area contributed by atoms with Crippen LogP contribution < -0.4 is 0 Å². The Morgan fingerprint density at radius 2 is 2.42 bits per heavy atom. The van der Waals surface area contributed by atoms with E-state index in [1.54, 1.807) is 0 Å². The lowest BCUT2D eigenvalue weighted by Crippen LogP contribution is -2.00. The van der Waals surface area contributed by atoms with Crippen LogP contribution in [0.4, 0.5) is 8.78 Å². The lowest BCUT2D eigenvalue weighted by Gasteiger charge is -1.95. The second-order valence-corrected chi connectivity index (χ2v) is 2.21. The van der Waals surface area contributed by atoms with E-state index in [9.17, 15) is 8.78 Å². The summed E-state index contributed by atoms with van der Waals surface area (Å²) in [6.45, 7) is -2.72. The summed E-state index contributed by atoms with van der Waals surface area (Å²) in [7, 11) is 0. The molecule has 0 fully saturated rings. The Kier molecular flexibility index (Phi) is 2.59. The first-order chi connectivity index (χ1) is 5.65. The molecule has 0 atom stereocenters. The molecule has 0 radical (unpaired) electrons. The van der Waals surface area contributed by atoms with Gasteiger partial charge in [-0.05, 0) is 6.07 Å². The van der Waals surface area contributed by atoms with Crippen molar-refractivity contribution in [3.63, 3.8) is 0 Å². The summed E-state index contributed by atoms with van der Waals surface area (Å²) >= 11 is 5.29. The van der Waals surface area contributed by atoms with Crippen LogP contribution in [0.1, 0.15) is 12.2 Å². The van der Waals surface area contributed by atoms with E-state index < -0.39 is 6.55 Å². The van der Waals surface area contributed by atoms with Gasteiger partial charge in [-0.2, -0.15) is 13.9 Å². The van der Waals surface area contributed by atoms with Crippen molar-refractivity contribution in [1.82, 2.24) is 9.78 Å². The highest BCUT2D eigenvalue weighted by Gasteiger charge is 2.09. The molecule has 1 rings (SSSR count). The predicted octanol–water partition coefficient (Wildman–Crippen LogP) is 1.65. The van der Waals surface area contributed by atoms with Crippen LogP contribution in [0.3, 0.4) is 0 Å². The summed E-state index contributed by atoms with van der Waals surface area (Å²) in [5.74, 6) is 0. The molecule has 0 aliphatic carbocycles. The first-order valence-corrected chi connectivity index (χ1v) is 3.24. The summed E-state index contributed by atoms with van der Waals surface area (Å²) < 4.78 is 24.2. The normalized spacial score (nSPS) is 12.5. The van der Waals surface area contributed by atoms with E-state index in [2.05, 4.69) is 10.3 Å². The summed E-state index contributed by atoms with van der Waals surface area (Å²) in [6.07, 6.45) is 1.04. The van der Waals surface area contributed by atoms with E-state index in [-0.39, 0.29) is 10.9 Å². The minimum absolute atomic E-state index is 0.000494. The van der Waals surface area contributed by atoms with Crippen molar-refractivity contribution in [2.45, 2.75) is 6.55 Å². The van der Waals surface area contributed by atoms with Crippen molar-refractivity contribution in [2.24, 2.45) is 5.16 Å². The van der Waals surface area contributed by atoms with Crippen LogP contribution in [-0.2, 0) is 0 Å². The Bertz CT molecular complexity index is 299. The highest BCUT2D eigenvalue weighted by atomic mass is 35.5. The van der Waals surface area contributed by atoms with Gasteiger partial charge in [0.25, 0.3) is 0 Å². The zero-order chi connectivity index (χ0) is 9.14. The average Bonchev–Trinajstić information content (AvgIpc) is 2.51. The molecule has 0 saturated carbocycles. The molecule has 7 heteroatoms. The molecule has 0 amide bonds. The van der Waals surface area contributed by atoms with Gasteiger partial charge in [0.1, 0.15) is 5.69 Å². The predicted molar refractivity (Wildman–Crippen MR) is 37.7 cm³/mol. The van der Waals surface area contributed by atoms with E-state index in [1.165, 1.54) is 6.07 Å². The molecule has 0 unspecified atom stereocenters. The van der Waals surface area contributed by atoms with E-state index in [0.717, 1.165) is 6.20 Å². The number of hydrogen-bond donors (Lipinski definition) is 1. The highest BCUT2D eigenvalue weighted by Crippen LogP contribution is 2.10. The van der Waals surface area contributed by atoms with Crippen molar-refractivity contribution in [3.05, 3.63) is 18.0 Å². The summed E-state index contributed by atoms with van der Waals surface area (Å²) in [5, 5.41) is 13.7. The minimum Gasteiger partial charge on any atom is -0.410 e. The average molecular weight is 196 g/mol. The lowest BCUT2D eigenvalue weighted by molar-refractivity contribution is 0.0565. The fourth-order valence-corrected chi connectivity index (χ4v) is 0.709. The van der Waals surface area contributed by atoms with Gasteiger partial charge in [0, 0.05) is 6.20 Å². The standard InChI is InChI=1S/C5H4ClF2N3O/c6-4(10-12)3-1-2-11(9-3)5(7)8/h1-2,5,12H/b10-4-. The van der Waals surface area contributed by atoms with E-state index in [4.69, 9.17) is 16.8 Å². The highest BCUT2D eigenvalue weighted by molar-refractivity contribution is 6.69. The molecule has 4 nitrogen and oxygen atoms in total. The summed E-state index contributed by atoms with van der Waals surface area (Å²) in [4.78, 5) is 0. The summed E-state index contributed by atoms with van der Waals surface area (Å²) in [5.41, 5.74) is -0.000494. The van der Waals surface area contributed by atoms with Crippen LogP contribution in [0.2, 0.25) is 0 Å².